The molecule has 0 bridgehead atoms. The molecule has 4 heteroatoms. The summed E-state index contributed by atoms with van der Waals surface area (Å²) in [6, 6.07) is 3.43. The first kappa shape index (κ1) is 14.1. The van der Waals surface area contributed by atoms with Crippen molar-refractivity contribution in [1.82, 2.24) is 10.2 Å². The fourth-order valence-corrected chi connectivity index (χ4v) is 2.79. The van der Waals surface area contributed by atoms with Crippen molar-refractivity contribution in [3.05, 3.63) is 23.7 Å². The van der Waals surface area contributed by atoms with Crippen LogP contribution in [0.3, 0.4) is 0 Å². The Hall–Kier alpha value is -0.840. The third-order valence-electron chi connectivity index (χ3n) is 4.36. The van der Waals surface area contributed by atoms with E-state index in [9.17, 15) is 0 Å². The summed E-state index contributed by atoms with van der Waals surface area (Å²) in [5, 5.41) is 3.49. The van der Waals surface area contributed by atoms with Crippen LogP contribution in [-0.4, -0.2) is 37.2 Å². The molecule has 1 aromatic heterocycles. The third-order valence-corrected chi connectivity index (χ3v) is 4.36. The number of furan rings is 1. The molecule has 1 aromatic rings. The predicted molar refractivity (Wildman–Crippen MR) is 78.5 cm³/mol. The molecular formula is C16H26N2O2. The molecule has 1 saturated heterocycles. The maximum absolute atomic E-state index is 5.83. The van der Waals surface area contributed by atoms with Crippen molar-refractivity contribution in [3.63, 3.8) is 0 Å². The first-order chi connectivity index (χ1) is 9.81. The SMILES string of the molecule is CN1CCCCC1COCc1cc(CNC2CC2)co1. The fourth-order valence-electron chi connectivity index (χ4n) is 2.79. The lowest BCUT2D eigenvalue weighted by Crippen LogP contribution is -2.39. The van der Waals surface area contributed by atoms with Crippen LogP contribution in [0.25, 0.3) is 0 Å². The normalized spacial score (nSPS) is 24.1. The quantitative estimate of drug-likeness (QED) is 0.831. The first-order valence-electron chi connectivity index (χ1n) is 7.89. The smallest absolute Gasteiger partial charge is 0.129 e. The van der Waals surface area contributed by atoms with Gasteiger partial charge in [0, 0.05) is 24.2 Å². The zero-order chi connectivity index (χ0) is 13.8. The zero-order valence-electron chi connectivity index (χ0n) is 12.4. The van der Waals surface area contributed by atoms with Gasteiger partial charge in [-0.3, -0.25) is 0 Å². The van der Waals surface area contributed by atoms with Crippen LogP contribution in [-0.2, 0) is 17.9 Å². The van der Waals surface area contributed by atoms with Crippen molar-refractivity contribution >= 4 is 0 Å². The van der Waals surface area contributed by atoms with Crippen molar-refractivity contribution in [2.24, 2.45) is 0 Å². The van der Waals surface area contributed by atoms with E-state index in [-0.39, 0.29) is 0 Å². The maximum atomic E-state index is 5.83. The molecule has 1 atom stereocenters. The molecule has 1 N–H and O–H groups in total. The highest BCUT2D eigenvalue weighted by atomic mass is 16.5. The number of rotatable bonds is 7. The number of hydrogen-bond acceptors (Lipinski definition) is 4. The van der Waals surface area contributed by atoms with Gasteiger partial charge in [0.25, 0.3) is 0 Å². The minimum Gasteiger partial charge on any atom is -0.467 e. The highest BCUT2D eigenvalue weighted by Gasteiger charge is 2.20. The zero-order valence-corrected chi connectivity index (χ0v) is 12.4. The summed E-state index contributed by atoms with van der Waals surface area (Å²) >= 11 is 0. The Morgan fingerprint density at radius 1 is 1.35 bits per heavy atom. The number of likely N-dealkylation sites (tertiary alicyclic amines) is 1. The summed E-state index contributed by atoms with van der Waals surface area (Å²) in [6.07, 6.45) is 8.40. The van der Waals surface area contributed by atoms with Gasteiger partial charge >= 0.3 is 0 Å². The maximum Gasteiger partial charge on any atom is 0.129 e. The van der Waals surface area contributed by atoms with E-state index < -0.39 is 0 Å². The van der Waals surface area contributed by atoms with Gasteiger partial charge in [-0.25, -0.2) is 0 Å². The lowest BCUT2D eigenvalue weighted by molar-refractivity contribution is 0.0374. The van der Waals surface area contributed by atoms with Gasteiger partial charge in [0.1, 0.15) is 12.4 Å². The highest BCUT2D eigenvalue weighted by Crippen LogP contribution is 2.20. The molecule has 0 amide bonds. The predicted octanol–water partition coefficient (Wildman–Crippen LogP) is 2.53. The number of piperidine rings is 1. The molecule has 1 unspecified atom stereocenters. The Morgan fingerprint density at radius 2 is 2.25 bits per heavy atom. The molecular weight excluding hydrogens is 252 g/mol. The molecule has 112 valence electrons. The second-order valence-electron chi connectivity index (χ2n) is 6.22. The minimum atomic E-state index is 0.578. The number of ether oxygens (including phenoxy) is 1. The van der Waals surface area contributed by atoms with Crippen molar-refractivity contribution in [2.75, 3.05) is 20.2 Å². The van der Waals surface area contributed by atoms with Crippen LogP contribution in [0.4, 0.5) is 0 Å². The van der Waals surface area contributed by atoms with Crippen molar-refractivity contribution in [3.8, 4) is 0 Å². The van der Waals surface area contributed by atoms with Crippen LogP contribution in [0, 0.1) is 0 Å². The Labute approximate surface area is 121 Å². The van der Waals surface area contributed by atoms with E-state index in [1.165, 1.54) is 44.2 Å². The molecule has 1 aliphatic heterocycles. The van der Waals surface area contributed by atoms with Crippen LogP contribution in [0.2, 0.25) is 0 Å². The van der Waals surface area contributed by atoms with Gasteiger partial charge < -0.3 is 19.4 Å². The molecule has 0 aromatic carbocycles. The van der Waals surface area contributed by atoms with E-state index in [0.29, 0.717) is 12.6 Å². The summed E-state index contributed by atoms with van der Waals surface area (Å²) < 4.78 is 11.4. The lowest BCUT2D eigenvalue weighted by atomic mass is 10.0. The standard InChI is InChI=1S/C16H26N2O2/c1-18-7-3-2-4-15(18)11-19-12-16-8-13(10-20-16)9-17-14-5-6-14/h8,10,14-15,17H,2-7,9,11-12H2,1H3. The Bertz CT molecular complexity index is 414. The molecule has 4 nitrogen and oxygen atoms in total. The van der Waals surface area contributed by atoms with E-state index in [1.54, 1.807) is 0 Å². The van der Waals surface area contributed by atoms with Crippen LogP contribution < -0.4 is 5.32 Å². The summed E-state index contributed by atoms with van der Waals surface area (Å²) in [6.45, 7) is 3.52. The monoisotopic (exact) mass is 278 g/mol. The van der Waals surface area contributed by atoms with E-state index in [4.69, 9.17) is 9.15 Å². The minimum absolute atomic E-state index is 0.578. The number of nitrogens with zero attached hydrogens (tertiary/aromatic N) is 1. The van der Waals surface area contributed by atoms with Crippen LogP contribution in [0.15, 0.2) is 16.7 Å². The Morgan fingerprint density at radius 3 is 3.05 bits per heavy atom. The fraction of sp³-hybridized carbons (Fsp3) is 0.750. The summed E-state index contributed by atoms with van der Waals surface area (Å²) in [4.78, 5) is 2.41. The topological polar surface area (TPSA) is 37.6 Å². The van der Waals surface area contributed by atoms with E-state index in [2.05, 4.69) is 23.3 Å². The highest BCUT2D eigenvalue weighted by molar-refractivity contribution is 5.12. The second-order valence-corrected chi connectivity index (χ2v) is 6.22. The number of likely N-dealkylation sites (N-methyl/N-ethyl adjacent to an activating group) is 1. The molecule has 0 radical (unpaired) electrons. The largest absolute Gasteiger partial charge is 0.467 e. The summed E-state index contributed by atoms with van der Waals surface area (Å²) in [5.41, 5.74) is 1.23. The van der Waals surface area contributed by atoms with E-state index >= 15 is 0 Å². The third kappa shape index (κ3) is 4.08. The molecule has 2 aliphatic rings. The molecule has 20 heavy (non-hydrogen) atoms. The molecule has 1 saturated carbocycles. The van der Waals surface area contributed by atoms with Gasteiger partial charge in [-0.1, -0.05) is 6.42 Å². The molecule has 1 aliphatic carbocycles. The van der Waals surface area contributed by atoms with Gasteiger partial charge in [0.15, 0.2) is 0 Å². The van der Waals surface area contributed by atoms with E-state index in [0.717, 1.165) is 25.0 Å². The van der Waals surface area contributed by atoms with Crippen LogP contribution in [0.5, 0.6) is 0 Å². The van der Waals surface area contributed by atoms with Gasteiger partial charge in [-0.2, -0.15) is 0 Å². The average molecular weight is 278 g/mol. The molecule has 2 heterocycles. The number of hydrogen-bond donors (Lipinski definition) is 1. The van der Waals surface area contributed by atoms with Crippen LogP contribution in [0.1, 0.15) is 43.4 Å². The van der Waals surface area contributed by atoms with Crippen molar-refractivity contribution in [2.45, 2.75) is 57.3 Å². The Balaban J connectivity index is 1.37. The lowest BCUT2D eigenvalue weighted by Gasteiger charge is -2.32. The van der Waals surface area contributed by atoms with Crippen LogP contribution >= 0.6 is 0 Å². The summed E-state index contributed by atoms with van der Waals surface area (Å²) in [7, 11) is 2.20. The number of nitrogens with one attached hydrogen (secondary N) is 1. The van der Waals surface area contributed by atoms with Gasteiger partial charge in [0.2, 0.25) is 0 Å². The second kappa shape index (κ2) is 6.74. The molecule has 0 spiro atoms. The molecule has 3 rings (SSSR count). The van der Waals surface area contributed by atoms with Gasteiger partial charge in [0.05, 0.1) is 12.9 Å². The Kier molecular flexibility index (Phi) is 4.76. The first-order valence-corrected chi connectivity index (χ1v) is 7.89. The molecule has 2 fully saturated rings. The average Bonchev–Trinajstić information content (AvgIpc) is 3.18. The van der Waals surface area contributed by atoms with Gasteiger partial charge in [-0.05, 0) is 45.3 Å². The summed E-state index contributed by atoms with van der Waals surface area (Å²) in [5.74, 6) is 0.941. The van der Waals surface area contributed by atoms with E-state index in [1.807, 2.05) is 6.26 Å². The van der Waals surface area contributed by atoms with Gasteiger partial charge in [-0.15, -0.1) is 0 Å². The van der Waals surface area contributed by atoms with Crippen molar-refractivity contribution in [1.29, 1.82) is 0 Å². The van der Waals surface area contributed by atoms with Crippen molar-refractivity contribution < 1.29 is 9.15 Å².